The molecule has 77 heavy (non-hydrogen) atoms. The van der Waals surface area contributed by atoms with Gasteiger partial charge in [0.25, 0.3) is 0 Å². The Hall–Kier alpha value is -5.06. The van der Waals surface area contributed by atoms with E-state index in [1.165, 1.54) is 83.3 Å². The zero-order valence-electron chi connectivity index (χ0n) is 46.5. The highest BCUT2D eigenvalue weighted by molar-refractivity contribution is 5.87. The van der Waals surface area contributed by atoms with E-state index in [9.17, 15) is 43.5 Å². The number of carboxylic acid groups (broad SMARTS) is 1. The van der Waals surface area contributed by atoms with Crippen LogP contribution in [0.2, 0.25) is 0 Å². The fourth-order valence-corrected chi connectivity index (χ4v) is 7.68. The predicted molar refractivity (Wildman–Crippen MR) is 298 cm³/mol. The van der Waals surface area contributed by atoms with Crippen molar-refractivity contribution in [1.29, 1.82) is 0 Å². The summed E-state index contributed by atoms with van der Waals surface area (Å²) in [5.41, 5.74) is 6.30. The molecule has 1 rings (SSSR count). The molecule has 0 aliphatic rings. The van der Waals surface area contributed by atoms with Gasteiger partial charge in [0.1, 0.15) is 30.8 Å². The summed E-state index contributed by atoms with van der Waals surface area (Å²) in [6, 6.07) is 4.55. The number of nitrogens with two attached hydrogens (primary N) is 1. The van der Waals surface area contributed by atoms with Crippen molar-refractivity contribution < 1.29 is 67.5 Å². The van der Waals surface area contributed by atoms with E-state index in [-0.39, 0.29) is 88.8 Å². The highest BCUT2D eigenvalue weighted by Gasteiger charge is 2.21. The quantitative estimate of drug-likeness (QED) is 0.0389. The first-order chi connectivity index (χ1) is 36.6. The number of hydrogen-bond donors (Lipinski definition) is 9. The zero-order valence-corrected chi connectivity index (χ0v) is 46.5. The summed E-state index contributed by atoms with van der Waals surface area (Å²) in [6.45, 7) is 7.68. The number of rotatable bonds is 50. The number of primary amides is 1. The van der Waals surface area contributed by atoms with Crippen LogP contribution in [0.3, 0.4) is 0 Å². The Bertz CT molecular complexity index is 1720. The number of nitrogens with one attached hydrogen (secondary N) is 6. The van der Waals surface area contributed by atoms with E-state index >= 15 is 0 Å². The van der Waals surface area contributed by atoms with Crippen molar-refractivity contribution in [1.82, 2.24) is 31.9 Å². The molecule has 0 aliphatic carbocycles. The minimum atomic E-state index is -0.940. The maximum absolute atomic E-state index is 12.7. The minimum Gasteiger partial charge on any atom is -0.508 e. The van der Waals surface area contributed by atoms with Gasteiger partial charge in [0.2, 0.25) is 29.5 Å². The van der Waals surface area contributed by atoms with E-state index in [2.05, 4.69) is 31.9 Å². The van der Waals surface area contributed by atoms with Crippen LogP contribution in [0, 0.1) is 0 Å². The lowest BCUT2D eigenvalue weighted by Crippen LogP contribution is -2.48. The fraction of sp³-hybridized carbons (Fsp3) is 0.750. The van der Waals surface area contributed by atoms with Crippen molar-refractivity contribution in [2.24, 2.45) is 5.73 Å². The third-order valence-corrected chi connectivity index (χ3v) is 12.0. The Labute approximate surface area is 460 Å². The Morgan fingerprint density at radius 3 is 1.51 bits per heavy atom. The number of hydrogen-bond acceptors (Lipinski definition) is 15. The van der Waals surface area contributed by atoms with Gasteiger partial charge in [-0.15, -0.1) is 0 Å². The number of Topliss-reactive ketones (excluding diaryl/α,β-unsaturated/α-hetero) is 2. The largest absolute Gasteiger partial charge is 0.508 e. The number of benzene rings is 1. The number of ether oxygens (including phenoxy) is 4. The average molecular weight is 1100 g/mol. The van der Waals surface area contributed by atoms with Crippen molar-refractivity contribution in [3.8, 4) is 5.75 Å². The lowest BCUT2D eigenvalue weighted by atomic mass is 10.0. The van der Waals surface area contributed by atoms with Gasteiger partial charge in [0, 0.05) is 39.4 Å². The molecule has 21 heteroatoms. The molecular weight excluding hydrogens is 995 g/mol. The molecular formula is C56H101N7O14. The van der Waals surface area contributed by atoms with Gasteiger partial charge < -0.3 is 66.3 Å². The summed E-state index contributed by atoms with van der Waals surface area (Å²) < 4.78 is 21.1. The van der Waals surface area contributed by atoms with Crippen LogP contribution in [0.25, 0.3) is 0 Å². The molecule has 5 amide bonds. The summed E-state index contributed by atoms with van der Waals surface area (Å²) in [7, 11) is 1.69. The second-order valence-electron chi connectivity index (χ2n) is 18.9. The Morgan fingerprint density at radius 1 is 0.558 bits per heavy atom. The SMILES string of the molecule is C.CCC[C@H](NC(=O)CCCCCCCCCCCCCCCCC(C)=O)C(=O)O.CN[C@@H](CCCCNC(=O)COCCOCCNC(=O)COCCOCCNC(C)=O)C(=O)CN[C@@H](Cc1ccc(O)cc1)C(N)=O. The number of phenolic OH excluding ortho intramolecular Hbond substituents is 1. The number of carbonyl (C=O) groups excluding carboxylic acids is 7. The third kappa shape index (κ3) is 47.9. The van der Waals surface area contributed by atoms with Crippen molar-refractivity contribution in [2.45, 2.75) is 188 Å². The molecule has 21 nitrogen and oxygen atoms in total. The Kier molecular flexibility index (Phi) is 49.7. The van der Waals surface area contributed by atoms with Crippen molar-refractivity contribution in [3.05, 3.63) is 29.8 Å². The molecule has 0 unspecified atom stereocenters. The molecule has 0 radical (unpaired) electrons. The van der Waals surface area contributed by atoms with Gasteiger partial charge in [-0.2, -0.15) is 0 Å². The van der Waals surface area contributed by atoms with Gasteiger partial charge in [-0.3, -0.25) is 34.1 Å². The Morgan fingerprint density at radius 2 is 1.04 bits per heavy atom. The molecule has 0 fully saturated rings. The molecule has 0 saturated heterocycles. The molecule has 1 aromatic rings. The summed E-state index contributed by atoms with van der Waals surface area (Å²) in [4.78, 5) is 92.6. The zero-order chi connectivity index (χ0) is 56.4. The summed E-state index contributed by atoms with van der Waals surface area (Å²) in [6.07, 6.45) is 21.6. The number of amides is 5. The lowest BCUT2D eigenvalue weighted by molar-refractivity contribution is -0.142. The van der Waals surface area contributed by atoms with Crippen LogP contribution in [0.4, 0.5) is 0 Å². The molecule has 0 bridgehead atoms. The van der Waals surface area contributed by atoms with Crippen LogP contribution in [0.5, 0.6) is 5.75 Å². The molecule has 3 atom stereocenters. The van der Waals surface area contributed by atoms with Gasteiger partial charge in [-0.25, -0.2) is 4.79 Å². The van der Waals surface area contributed by atoms with Gasteiger partial charge in [0.05, 0.1) is 58.3 Å². The smallest absolute Gasteiger partial charge is 0.326 e. The molecule has 1 aromatic carbocycles. The van der Waals surface area contributed by atoms with Gasteiger partial charge in [-0.05, 0) is 76.6 Å². The predicted octanol–water partition coefficient (Wildman–Crippen LogP) is 4.96. The van der Waals surface area contributed by atoms with Gasteiger partial charge in [-0.1, -0.05) is 110 Å². The number of phenols is 1. The van der Waals surface area contributed by atoms with Crippen molar-refractivity contribution in [3.63, 3.8) is 0 Å². The molecule has 0 heterocycles. The van der Waals surface area contributed by atoms with E-state index < -0.39 is 30.0 Å². The van der Waals surface area contributed by atoms with Gasteiger partial charge in [0.15, 0.2) is 5.78 Å². The van der Waals surface area contributed by atoms with E-state index in [4.69, 9.17) is 29.8 Å². The second kappa shape index (κ2) is 51.7. The summed E-state index contributed by atoms with van der Waals surface area (Å²) in [5, 5.41) is 35.1. The van der Waals surface area contributed by atoms with Crippen LogP contribution in [-0.2, 0) is 63.7 Å². The van der Waals surface area contributed by atoms with E-state index in [0.717, 1.165) is 44.1 Å². The molecule has 10 N–H and O–H groups in total. The first kappa shape index (κ1) is 74.0. The number of aliphatic carboxylic acids is 1. The first-order valence-corrected chi connectivity index (χ1v) is 27.7. The van der Waals surface area contributed by atoms with Crippen LogP contribution in [0.15, 0.2) is 24.3 Å². The summed E-state index contributed by atoms with van der Waals surface area (Å²) >= 11 is 0. The third-order valence-electron chi connectivity index (χ3n) is 12.0. The molecule has 0 spiro atoms. The highest BCUT2D eigenvalue weighted by Crippen LogP contribution is 2.15. The van der Waals surface area contributed by atoms with Gasteiger partial charge >= 0.3 is 5.97 Å². The number of aromatic hydroxyl groups is 1. The monoisotopic (exact) mass is 1100 g/mol. The van der Waals surface area contributed by atoms with E-state index in [1.54, 1.807) is 26.1 Å². The Balaban J connectivity index is 0. The maximum atomic E-state index is 12.7. The fourth-order valence-electron chi connectivity index (χ4n) is 7.68. The molecule has 0 aromatic heterocycles. The highest BCUT2D eigenvalue weighted by atomic mass is 16.5. The number of ketones is 2. The molecule has 444 valence electrons. The van der Waals surface area contributed by atoms with Crippen molar-refractivity contribution in [2.75, 3.05) is 86.1 Å². The second-order valence-corrected chi connectivity index (χ2v) is 18.9. The number of carboxylic acids is 1. The average Bonchev–Trinajstić information content (AvgIpc) is 3.37. The minimum absolute atomic E-state index is 0. The van der Waals surface area contributed by atoms with E-state index in [1.807, 2.05) is 6.92 Å². The lowest BCUT2D eigenvalue weighted by Gasteiger charge is -2.19. The summed E-state index contributed by atoms with van der Waals surface area (Å²) in [5.74, 6) is -1.97. The normalized spacial score (nSPS) is 11.9. The van der Waals surface area contributed by atoms with Crippen molar-refractivity contribution >= 4 is 47.1 Å². The van der Waals surface area contributed by atoms with Crippen LogP contribution in [-0.4, -0.2) is 161 Å². The molecule has 0 aliphatic heterocycles. The number of unbranched alkanes of at least 4 members (excludes halogenated alkanes) is 14. The van der Waals surface area contributed by atoms with E-state index in [0.29, 0.717) is 77.2 Å². The maximum Gasteiger partial charge on any atom is 0.326 e. The topological polar surface area (TPSA) is 312 Å². The van der Waals surface area contributed by atoms with Crippen LogP contribution >= 0.6 is 0 Å². The van der Waals surface area contributed by atoms with Crippen LogP contribution in [0.1, 0.15) is 169 Å². The standard InChI is InChI=1S/C31H52N6O10.C24H45NO4.CH4/c1-23(38)34-11-13-44-15-17-47-22-30(42)36-12-14-45-16-18-46-21-29(41)35-10-4-3-5-26(33-2)28(40)20-37-27(31(32)43)19-24-6-8-25(39)9-7-24;1-3-18-22(24(28)29)25-23(27)20-17-15-13-11-9-7-5-4-6-8-10-12-14-16-19-21(2)26;/h6-9,26-27,33,37,39H,3-5,10-22H2,1-2H3,(H2,32,43)(H,34,38)(H,35,41)(H,36,42);22H,3-20H2,1-2H3,(H,25,27)(H,28,29);1H4/t26-,27-;22-;/m00./s1. The number of likely N-dealkylation sites (N-methyl/N-ethyl adjacent to an activating group) is 1. The van der Waals surface area contributed by atoms with Crippen LogP contribution < -0.4 is 37.6 Å². The number of carbonyl (C=O) groups is 8. The molecule has 0 saturated carbocycles. The first-order valence-electron chi connectivity index (χ1n) is 27.7.